The number of anilines is 1. The van der Waals surface area contributed by atoms with Crippen molar-refractivity contribution in [3.63, 3.8) is 0 Å². The maximum Gasteiger partial charge on any atom is 0.162 e. The van der Waals surface area contributed by atoms with Crippen molar-refractivity contribution in [2.24, 2.45) is 0 Å². The average Bonchev–Trinajstić information content (AvgIpc) is 2.70. The molecule has 0 heterocycles. The summed E-state index contributed by atoms with van der Waals surface area (Å²) in [5.74, 6) is 0.203. The molecule has 0 spiro atoms. The first kappa shape index (κ1) is 22.1. The number of aldehydes is 1. The second-order valence-electron chi connectivity index (χ2n) is 7.95. The average molecular weight is 382 g/mol. The molecule has 0 saturated carbocycles. The molecule has 0 amide bonds. The van der Waals surface area contributed by atoms with Gasteiger partial charge in [0.15, 0.2) is 12.1 Å². The van der Waals surface area contributed by atoms with Gasteiger partial charge in [-0.1, -0.05) is 76.5 Å². The molecule has 2 aromatic rings. The smallest absolute Gasteiger partial charge is 0.162 e. The second-order valence-corrected chi connectivity index (χ2v) is 7.95. The molecule has 0 radical (unpaired) electrons. The number of rotatable bonds is 13. The molecular weight excluding hydrogens is 346 g/mol. The van der Waals surface area contributed by atoms with Crippen molar-refractivity contribution in [1.82, 2.24) is 0 Å². The van der Waals surface area contributed by atoms with E-state index in [1.165, 1.54) is 44.9 Å². The molecule has 0 aliphatic rings. The molecule has 0 saturated heterocycles. The molecule has 28 heavy (non-hydrogen) atoms. The van der Waals surface area contributed by atoms with Gasteiger partial charge in [-0.3, -0.25) is 9.59 Å². The highest BCUT2D eigenvalue weighted by Crippen LogP contribution is 2.28. The zero-order valence-corrected chi connectivity index (χ0v) is 17.8. The van der Waals surface area contributed by atoms with Crippen molar-refractivity contribution in [3.8, 4) is 0 Å². The lowest BCUT2D eigenvalue weighted by Crippen LogP contribution is -2.11. The number of carbonyl (C=O) groups is 2. The van der Waals surface area contributed by atoms with Crippen LogP contribution in [0.5, 0.6) is 0 Å². The summed E-state index contributed by atoms with van der Waals surface area (Å²) < 4.78 is 0. The molecule has 0 aliphatic carbocycles. The zero-order chi connectivity index (χ0) is 20.4. The maximum atomic E-state index is 12.5. The molecule has 0 aromatic heterocycles. The summed E-state index contributed by atoms with van der Waals surface area (Å²) >= 11 is 0. The minimum atomic E-state index is 0.203. The highest BCUT2D eigenvalue weighted by atomic mass is 16.1. The van der Waals surface area contributed by atoms with Crippen molar-refractivity contribution in [1.29, 1.82) is 0 Å². The SMILES string of the molecule is CCCCCCCCCCCC(=O)c1ccc2c(C=O)c(N(C)C)ccc2c1. The monoisotopic (exact) mass is 381 g/mol. The van der Waals surface area contributed by atoms with Crippen LogP contribution in [-0.4, -0.2) is 26.2 Å². The molecule has 0 aliphatic heterocycles. The van der Waals surface area contributed by atoms with E-state index in [9.17, 15) is 9.59 Å². The molecule has 2 aromatic carbocycles. The van der Waals surface area contributed by atoms with E-state index < -0.39 is 0 Å². The third kappa shape index (κ3) is 6.19. The molecule has 0 unspecified atom stereocenters. The lowest BCUT2D eigenvalue weighted by Gasteiger charge is -2.16. The van der Waals surface area contributed by atoms with E-state index in [1.54, 1.807) is 0 Å². The molecule has 3 heteroatoms. The molecule has 2 rings (SSSR count). The van der Waals surface area contributed by atoms with Gasteiger partial charge in [-0.25, -0.2) is 0 Å². The summed E-state index contributed by atoms with van der Waals surface area (Å²) in [6, 6.07) is 9.64. The van der Waals surface area contributed by atoms with Gasteiger partial charge in [0, 0.05) is 37.3 Å². The van der Waals surface area contributed by atoms with Crippen molar-refractivity contribution in [2.75, 3.05) is 19.0 Å². The van der Waals surface area contributed by atoms with E-state index in [4.69, 9.17) is 0 Å². The predicted octanol–water partition coefficient (Wildman–Crippen LogP) is 6.82. The number of carbonyl (C=O) groups excluding carboxylic acids is 2. The molecule has 0 N–H and O–H groups in total. The van der Waals surface area contributed by atoms with Crippen LogP contribution in [0.3, 0.4) is 0 Å². The number of hydrogen-bond donors (Lipinski definition) is 0. The first-order valence-corrected chi connectivity index (χ1v) is 10.8. The van der Waals surface area contributed by atoms with Gasteiger partial charge in [0.2, 0.25) is 0 Å². The van der Waals surface area contributed by atoms with Crippen LogP contribution in [0.1, 0.15) is 91.8 Å². The Balaban J connectivity index is 1.87. The normalized spacial score (nSPS) is 11.0. The topological polar surface area (TPSA) is 37.4 Å². The van der Waals surface area contributed by atoms with Crippen LogP contribution < -0.4 is 4.90 Å². The van der Waals surface area contributed by atoms with Crippen LogP contribution in [0.4, 0.5) is 5.69 Å². The fraction of sp³-hybridized carbons (Fsp3) is 0.520. The van der Waals surface area contributed by atoms with Crippen molar-refractivity contribution in [3.05, 3.63) is 41.5 Å². The highest BCUT2D eigenvalue weighted by Gasteiger charge is 2.11. The Morgan fingerprint density at radius 3 is 2.14 bits per heavy atom. The molecule has 0 fully saturated rings. The zero-order valence-electron chi connectivity index (χ0n) is 17.8. The van der Waals surface area contributed by atoms with Gasteiger partial charge < -0.3 is 4.90 Å². The van der Waals surface area contributed by atoms with Crippen LogP contribution in [0.25, 0.3) is 10.8 Å². The second kappa shape index (κ2) is 11.6. The van der Waals surface area contributed by atoms with E-state index in [1.807, 2.05) is 49.3 Å². The Morgan fingerprint density at radius 1 is 0.893 bits per heavy atom. The predicted molar refractivity (Wildman–Crippen MR) is 120 cm³/mol. The third-order valence-corrected chi connectivity index (χ3v) is 5.47. The number of Topliss-reactive ketones (excluding diaryl/α,β-unsaturated/α-hetero) is 1. The van der Waals surface area contributed by atoms with Crippen molar-refractivity contribution < 1.29 is 9.59 Å². The van der Waals surface area contributed by atoms with Gasteiger partial charge in [0.1, 0.15) is 0 Å². The largest absolute Gasteiger partial charge is 0.377 e. The van der Waals surface area contributed by atoms with Crippen LogP contribution in [-0.2, 0) is 0 Å². The Kier molecular flexibility index (Phi) is 9.19. The molecule has 3 nitrogen and oxygen atoms in total. The van der Waals surface area contributed by atoms with E-state index in [2.05, 4.69) is 6.92 Å². The number of unbranched alkanes of at least 4 members (excludes halogenated alkanes) is 8. The maximum absolute atomic E-state index is 12.5. The third-order valence-electron chi connectivity index (χ3n) is 5.47. The first-order valence-electron chi connectivity index (χ1n) is 10.8. The molecule has 0 bridgehead atoms. The standard InChI is InChI=1S/C25H35NO2/c1-4-5-6-7-8-9-10-11-12-13-25(28)21-14-16-22-20(18-21)15-17-24(26(2)3)23(22)19-27/h14-19H,4-13H2,1-3H3. The fourth-order valence-electron chi connectivity index (χ4n) is 3.77. The van der Waals surface area contributed by atoms with Crippen LogP contribution in [0.15, 0.2) is 30.3 Å². The van der Waals surface area contributed by atoms with Crippen molar-refractivity contribution >= 4 is 28.5 Å². The summed E-state index contributed by atoms with van der Waals surface area (Å²) in [7, 11) is 3.86. The van der Waals surface area contributed by atoms with Gasteiger partial charge in [0.25, 0.3) is 0 Å². The van der Waals surface area contributed by atoms with Crippen LogP contribution >= 0.6 is 0 Å². The minimum absolute atomic E-state index is 0.203. The van der Waals surface area contributed by atoms with E-state index in [-0.39, 0.29) is 5.78 Å². The van der Waals surface area contributed by atoms with E-state index in [0.717, 1.165) is 41.2 Å². The Bertz CT molecular complexity index is 779. The summed E-state index contributed by atoms with van der Waals surface area (Å²) in [5, 5.41) is 1.85. The summed E-state index contributed by atoms with van der Waals surface area (Å²) in [6.07, 6.45) is 12.8. The number of hydrogen-bond acceptors (Lipinski definition) is 3. The number of benzene rings is 2. The van der Waals surface area contributed by atoms with E-state index >= 15 is 0 Å². The minimum Gasteiger partial charge on any atom is -0.377 e. The van der Waals surface area contributed by atoms with Crippen LogP contribution in [0.2, 0.25) is 0 Å². The summed E-state index contributed by atoms with van der Waals surface area (Å²) in [6.45, 7) is 2.24. The Morgan fingerprint density at radius 2 is 1.54 bits per heavy atom. The van der Waals surface area contributed by atoms with Gasteiger partial charge in [-0.05, 0) is 29.3 Å². The number of ketones is 1. The lowest BCUT2D eigenvalue weighted by molar-refractivity contribution is 0.0979. The van der Waals surface area contributed by atoms with Gasteiger partial charge >= 0.3 is 0 Å². The molecule has 152 valence electrons. The molecule has 0 atom stereocenters. The highest BCUT2D eigenvalue weighted by molar-refractivity contribution is 6.06. The first-order chi connectivity index (χ1) is 13.6. The number of nitrogens with zero attached hydrogens (tertiary/aromatic N) is 1. The summed E-state index contributed by atoms with van der Waals surface area (Å²) in [4.78, 5) is 26.1. The van der Waals surface area contributed by atoms with Gasteiger partial charge in [-0.15, -0.1) is 0 Å². The van der Waals surface area contributed by atoms with E-state index in [0.29, 0.717) is 12.0 Å². The Hall–Kier alpha value is -2.16. The summed E-state index contributed by atoms with van der Waals surface area (Å²) in [5.41, 5.74) is 2.33. The molecular formula is C25H35NO2. The quantitative estimate of drug-likeness (QED) is 0.217. The lowest BCUT2D eigenvalue weighted by atomic mass is 9.97. The van der Waals surface area contributed by atoms with Gasteiger partial charge in [0.05, 0.1) is 0 Å². The van der Waals surface area contributed by atoms with Gasteiger partial charge in [-0.2, -0.15) is 0 Å². The van der Waals surface area contributed by atoms with Crippen molar-refractivity contribution in [2.45, 2.75) is 71.1 Å². The fourth-order valence-corrected chi connectivity index (χ4v) is 3.77. The number of fused-ring (bicyclic) bond motifs is 1. The Labute approximate surface area is 170 Å². The van der Waals surface area contributed by atoms with Crippen LogP contribution in [0, 0.1) is 0 Å².